The highest BCUT2D eigenvalue weighted by Gasteiger charge is 2.29. The van der Waals surface area contributed by atoms with Crippen LogP contribution in [0, 0.1) is 6.92 Å². The number of aromatic nitrogens is 1. The summed E-state index contributed by atoms with van der Waals surface area (Å²) >= 11 is 12.0. The van der Waals surface area contributed by atoms with Gasteiger partial charge in [0, 0.05) is 5.02 Å². The van der Waals surface area contributed by atoms with Gasteiger partial charge >= 0.3 is 5.97 Å². The van der Waals surface area contributed by atoms with Gasteiger partial charge in [-0.1, -0.05) is 29.3 Å². The molecular formula is C17H17Cl2N3O3. The first-order chi connectivity index (χ1) is 11.6. The van der Waals surface area contributed by atoms with E-state index in [0.29, 0.717) is 21.6 Å². The van der Waals surface area contributed by atoms with Crippen molar-refractivity contribution in [2.75, 3.05) is 5.32 Å². The Morgan fingerprint density at radius 2 is 1.84 bits per heavy atom. The summed E-state index contributed by atoms with van der Waals surface area (Å²) in [5.41, 5.74) is 0.0640. The second-order valence-electron chi connectivity index (χ2n) is 6.00. The van der Waals surface area contributed by atoms with E-state index in [2.05, 4.69) is 15.6 Å². The Bertz CT molecular complexity index is 838. The van der Waals surface area contributed by atoms with Gasteiger partial charge in [-0.25, -0.2) is 9.78 Å². The smallest absolute Gasteiger partial charge is 0.328 e. The van der Waals surface area contributed by atoms with Crippen LogP contribution >= 0.6 is 23.2 Å². The Morgan fingerprint density at radius 1 is 1.16 bits per heavy atom. The summed E-state index contributed by atoms with van der Waals surface area (Å²) in [6.07, 6.45) is 0. The topological polar surface area (TPSA) is 91.3 Å². The molecule has 0 unspecified atom stereocenters. The Hall–Kier alpha value is -2.31. The number of carboxylic acid groups (broad SMARTS) is 1. The van der Waals surface area contributed by atoms with Crippen LogP contribution in [0.2, 0.25) is 10.0 Å². The van der Waals surface area contributed by atoms with Crippen molar-refractivity contribution >= 4 is 46.6 Å². The van der Waals surface area contributed by atoms with Gasteiger partial charge in [-0.05, 0) is 50.6 Å². The minimum atomic E-state index is -1.41. The lowest BCUT2D eigenvalue weighted by molar-refractivity contribution is -0.143. The number of rotatable bonds is 5. The molecule has 2 aromatic rings. The SMILES string of the molecule is Cc1ccc(C(=O)NC(C)(C)C(=O)O)nc1Nc1ccc(Cl)cc1Cl. The average molecular weight is 382 g/mol. The largest absolute Gasteiger partial charge is 0.480 e. The molecule has 0 radical (unpaired) electrons. The number of aliphatic carboxylic acids is 1. The number of halogens is 2. The second-order valence-corrected chi connectivity index (χ2v) is 6.84. The third-order valence-electron chi connectivity index (χ3n) is 3.47. The van der Waals surface area contributed by atoms with Crippen molar-refractivity contribution in [1.29, 1.82) is 0 Å². The van der Waals surface area contributed by atoms with Crippen LogP contribution in [0.3, 0.4) is 0 Å². The summed E-state index contributed by atoms with van der Waals surface area (Å²) in [5.74, 6) is -1.29. The van der Waals surface area contributed by atoms with Gasteiger partial charge in [0.25, 0.3) is 5.91 Å². The van der Waals surface area contributed by atoms with Crippen molar-refractivity contribution < 1.29 is 14.7 Å². The van der Waals surface area contributed by atoms with Crippen LogP contribution in [0.5, 0.6) is 0 Å². The molecule has 0 bridgehead atoms. The van der Waals surface area contributed by atoms with Gasteiger partial charge in [0.05, 0.1) is 10.7 Å². The number of amides is 1. The molecule has 0 fully saturated rings. The summed E-state index contributed by atoms with van der Waals surface area (Å²) in [6, 6.07) is 8.20. The standard InChI is InChI=1S/C17H17Cl2N3O3/c1-9-4-6-13(15(23)22-17(2,3)16(24)25)21-14(9)20-12-7-5-10(18)8-11(12)19/h4-8H,1-3H3,(H,20,21)(H,22,23)(H,24,25). The van der Waals surface area contributed by atoms with Crippen molar-refractivity contribution in [3.8, 4) is 0 Å². The zero-order valence-corrected chi connectivity index (χ0v) is 15.4. The molecular weight excluding hydrogens is 365 g/mol. The van der Waals surface area contributed by atoms with Gasteiger partial charge in [0.15, 0.2) is 0 Å². The maximum Gasteiger partial charge on any atom is 0.328 e. The number of nitrogens with zero attached hydrogens (tertiary/aromatic N) is 1. The first-order valence-electron chi connectivity index (χ1n) is 7.36. The summed E-state index contributed by atoms with van der Waals surface area (Å²) in [7, 11) is 0. The van der Waals surface area contributed by atoms with Crippen LogP contribution in [-0.2, 0) is 4.79 Å². The van der Waals surface area contributed by atoms with Gasteiger partial charge in [-0.15, -0.1) is 0 Å². The number of anilines is 2. The quantitative estimate of drug-likeness (QED) is 0.726. The Labute approximate surface area is 155 Å². The van der Waals surface area contributed by atoms with E-state index in [1.165, 1.54) is 19.9 Å². The van der Waals surface area contributed by atoms with E-state index in [-0.39, 0.29) is 5.69 Å². The Balaban J connectivity index is 2.28. The zero-order chi connectivity index (χ0) is 18.8. The molecule has 132 valence electrons. The molecule has 0 spiro atoms. The van der Waals surface area contributed by atoms with Crippen LogP contribution in [0.1, 0.15) is 29.9 Å². The molecule has 8 heteroatoms. The molecule has 0 saturated heterocycles. The maximum absolute atomic E-state index is 12.3. The van der Waals surface area contributed by atoms with Gasteiger partial charge < -0.3 is 15.7 Å². The third-order valence-corrected chi connectivity index (χ3v) is 4.02. The van der Waals surface area contributed by atoms with E-state index in [1.807, 2.05) is 6.92 Å². The lowest BCUT2D eigenvalue weighted by Crippen LogP contribution is -2.49. The molecule has 0 saturated carbocycles. The van der Waals surface area contributed by atoms with Crippen molar-refractivity contribution in [2.24, 2.45) is 0 Å². The molecule has 0 aliphatic rings. The van der Waals surface area contributed by atoms with E-state index in [0.717, 1.165) is 5.56 Å². The molecule has 1 aromatic carbocycles. The molecule has 0 aliphatic carbocycles. The summed E-state index contributed by atoms with van der Waals surface area (Å²) in [6.45, 7) is 4.62. The predicted molar refractivity (Wildman–Crippen MR) is 97.9 cm³/mol. The molecule has 6 nitrogen and oxygen atoms in total. The van der Waals surface area contributed by atoms with Gasteiger partial charge in [0.1, 0.15) is 17.1 Å². The van der Waals surface area contributed by atoms with E-state index >= 15 is 0 Å². The fourth-order valence-corrected chi connectivity index (χ4v) is 2.36. The minimum absolute atomic E-state index is 0.0903. The maximum atomic E-state index is 12.3. The van der Waals surface area contributed by atoms with Crippen LogP contribution in [0.25, 0.3) is 0 Å². The average Bonchev–Trinajstić information content (AvgIpc) is 2.51. The summed E-state index contributed by atoms with van der Waals surface area (Å²) in [5, 5.41) is 15.5. The highest BCUT2D eigenvalue weighted by atomic mass is 35.5. The number of benzene rings is 1. The van der Waals surface area contributed by atoms with Crippen LogP contribution in [0.4, 0.5) is 11.5 Å². The molecule has 0 aliphatic heterocycles. The van der Waals surface area contributed by atoms with E-state index in [4.69, 9.17) is 28.3 Å². The fraction of sp³-hybridized carbons (Fsp3) is 0.235. The number of aryl methyl sites for hydroxylation is 1. The van der Waals surface area contributed by atoms with Crippen LogP contribution in [0.15, 0.2) is 30.3 Å². The first kappa shape index (κ1) is 19.0. The third kappa shape index (κ3) is 4.61. The minimum Gasteiger partial charge on any atom is -0.480 e. The molecule has 25 heavy (non-hydrogen) atoms. The number of pyridine rings is 1. The van der Waals surface area contributed by atoms with E-state index in [9.17, 15) is 9.59 Å². The highest BCUT2D eigenvalue weighted by Crippen LogP contribution is 2.28. The Kier molecular flexibility index (Phi) is 5.55. The molecule has 1 heterocycles. The Morgan fingerprint density at radius 3 is 2.44 bits per heavy atom. The van der Waals surface area contributed by atoms with Crippen LogP contribution in [-0.4, -0.2) is 27.5 Å². The molecule has 1 aromatic heterocycles. The predicted octanol–water partition coefficient (Wildman–Crippen LogP) is 4.03. The summed E-state index contributed by atoms with van der Waals surface area (Å²) < 4.78 is 0. The van der Waals surface area contributed by atoms with Crippen molar-refractivity contribution in [3.05, 3.63) is 51.6 Å². The van der Waals surface area contributed by atoms with Crippen molar-refractivity contribution in [2.45, 2.75) is 26.3 Å². The van der Waals surface area contributed by atoms with Gasteiger partial charge in [0.2, 0.25) is 0 Å². The van der Waals surface area contributed by atoms with Crippen LogP contribution < -0.4 is 10.6 Å². The zero-order valence-electron chi connectivity index (χ0n) is 13.9. The van der Waals surface area contributed by atoms with E-state index in [1.54, 1.807) is 24.3 Å². The number of nitrogens with one attached hydrogen (secondary N) is 2. The first-order valence-corrected chi connectivity index (χ1v) is 8.11. The molecule has 1 amide bonds. The lowest BCUT2D eigenvalue weighted by Gasteiger charge is -2.21. The fourth-order valence-electron chi connectivity index (χ4n) is 1.90. The number of carbonyl (C=O) groups excluding carboxylic acids is 1. The molecule has 2 rings (SSSR count). The highest BCUT2D eigenvalue weighted by molar-refractivity contribution is 6.36. The number of hydrogen-bond acceptors (Lipinski definition) is 4. The second kappa shape index (κ2) is 7.29. The lowest BCUT2D eigenvalue weighted by atomic mass is 10.1. The number of hydrogen-bond donors (Lipinski definition) is 3. The molecule has 3 N–H and O–H groups in total. The van der Waals surface area contributed by atoms with Gasteiger partial charge in [-0.2, -0.15) is 0 Å². The number of carbonyl (C=O) groups is 2. The van der Waals surface area contributed by atoms with Crippen molar-refractivity contribution in [3.63, 3.8) is 0 Å². The number of carboxylic acids is 1. The molecule has 0 atom stereocenters. The normalized spacial score (nSPS) is 11.1. The van der Waals surface area contributed by atoms with E-state index < -0.39 is 17.4 Å². The van der Waals surface area contributed by atoms with Gasteiger partial charge in [-0.3, -0.25) is 4.79 Å². The summed E-state index contributed by atoms with van der Waals surface area (Å²) in [4.78, 5) is 27.7. The van der Waals surface area contributed by atoms with Crippen molar-refractivity contribution in [1.82, 2.24) is 10.3 Å². The monoisotopic (exact) mass is 381 g/mol.